The lowest BCUT2D eigenvalue weighted by molar-refractivity contribution is 0.416. The molecule has 0 radical (unpaired) electrons. The summed E-state index contributed by atoms with van der Waals surface area (Å²) >= 11 is 1.68. The predicted molar refractivity (Wildman–Crippen MR) is 109 cm³/mol. The molecule has 1 aromatic heterocycles. The Labute approximate surface area is 160 Å². The first-order valence-corrected chi connectivity index (χ1v) is 9.59. The lowest BCUT2D eigenvalue weighted by atomic mass is 9.87. The molecule has 136 valence electrons. The molecule has 0 bridgehead atoms. The fourth-order valence-corrected chi connectivity index (χ4v) is 3.65. The van der Waals surface area contributed by atoms with Gasteiger partial charge in [0, 0.05) is 10.6 Å². The van der Waals surface area contributed by atoms with Crippen LogP contribution in [0, 0.1) is 13.8 Å². The van der Waals surface area contributed by atoms with Gasteiger partial charge < -0.3 is 9.72 Å². The summed E-state index contributed by atoms with van der Waals surface area (Å²) in [7, 11) is 1.69. The normalized spacial score (nSPS) is 11.6. The van der Waals surface area contributed by atoms with Gasteiger partial charge in [-0.1, -0.05) is 56.3 Å². The van der Waals surface area contributed by atoms with E-state index < -0.39 is 0 Å². The summed E-state index contributed by atoms with van der Waals surface area (Å²) in [6.45, 7) is 10.8. The van der Waals surface area contributed by atoms with Crippen LogP contribution in [0.1, 0.15) is 37.6 Å². The lowest BCUT2D eigenvalue weighted by Gasteiger charge is -2.18. The first kappa shape index (κ1) is 18.6. The maximum atomic E-state index is 5.50. The number of hydrogen-bond acceptors (Lipinski definition) is 3. The van der Waals surface area contributed by atoms with Gasteiger partial charge in [-0.25, -0.2) is 4.98 Å². The Balaban J connectivity index is 1.89. The number of aryl methyl sites for hydroxylation is 2. The summed E-state index contributed by atoms with van der Waals surface area (Å²) in [6, 6.07) is 14.9. The van der Waals surface area contributed by atoms with Gasteiger partial charge in [-0.05, 0) is 49.1 Å². The van der Waals surface area contributed by atoms with Crippen molar-refractivity contribution in [2.24, 2.45) is 0 Å². The first-order chi connectivity index (χ1) is 12.3. The Bertz CT molecular complexity index is 905. The van der Waals surface area contributed by atoms with Crippen molar-refractivity contribution in [2.75, 3.05) is 7.11 Å². The number of benzene rings is 2. The van der Waals surface area contributed by atoms with Crippen LogP contribution in [0.25, 0.3) is 11.4 Å². The third-order valence-electron chi connectivity index (χ3n) is 4.39. The number of H-pyrrole nitrogens is 1. The van der Waals surface area contributed by atoms with Gasteiger partial charge in [-0.3, -0.25) is 0 Å². The highest BCUT2D eigenvalue weighted by Gasteiger charge is 2.16. The van der Waals surface area contributed by atoms with Gasteiger partial charge in [0.25, 0.3) is 0 Å². The van der Waals surface area contributed by atoms with E-state index in [1.54, 1.807) is 18.9 Å². The maximum absolute atomic E-state index is 5.50. The minimum atomic E-state index is 0.167. The van der Waals surface area contributed by atoms with E-state index in [2.05, 4.69) is 69.9 Å². The van der Waals surface area contributed by atoms with Crippen LogP contribution in [-0.4, -0.2) is 17.1 Å². The molecule has 0 aliphatic rings. The van der Waals surface area contributed by atoms with Crippen molar-refractivity contribution >= 4 is 11.8 Å². The van der Waals surface area contributed by atoms with Crippen LogP contribution in [0.4, 0.5) is 0 Å². The number of nitrogens with one attached hydrogen (secondary N) is 1. The highest BCUT2D eigenvalue weighted by atomic mass is 32.2. The number of imidazole rings is 1. The maximum Gasteiger partial charge on any atom is 0.142 e. The van der Waals surface area contributed by atoms with Crippen LogP contribution < -0.4 is 4.74 Å². The Morgan fingerprint density at radius 3 is 2.31 bits per heavy atom. The quantitative estimate of drug-likeness (QED) is 0.602. The fourth-order valence-electron chi connectivity index (χ4n) is 2.81. The highest BCUT2D eigenvalue weighted by molar-refractivity contribution is 7.99. The molecule has 0 saturated carbocycles. The molecular formula is C22H26N2OS. The zero-order chi connectivity index (χ0) is 18.9. The zero-order valence-electron chi connectivity index (χ0n) is 16.3. The third kappa shape index (κ3) is 3.96. The van der Waals surface area contributed by atoms with Crippen molar-refractivity contribution in [2.45, 2.75) is 50.0 Å². The smallest absolute Gasteiger partial charge is 0.142 e. The standard InChI is InChI=1S/C22H26N2OS/c1-14-7-12-19(25-6)18(13-14)20-23-15(2)21(24-20)26-17-10-8-16(9-11-17)22(3,4)5/h7-13H,1-6H3,(H,23,24). The summed E-state index contributed by atoms with van der Waals surface area (Å²) in [5.74, 6) is 1.67. The average Bonchev–Trinajstić information content (AvgIpc) is 2.95. The molecule has 2 aromatic carbocycles. The van der Waals surface area contributed by atoms with Crippen molar-refractivity contribution in [3.63, 3.8) is 0 Å². The average molecular weight is 367 g/mol. The van der Waals surface area contributed by atoms with E-state index in [0.717, 1.165) is 27.9 Å². The van der Waals surface area contributed by atoms with Crippen LogP contribution in [0.15, 0.2) is 52.4 Å². The zero-order valence-corrected chi connectivity index (χ0v) is 17.1. The topological polar surface area (TPSA) is 37.9 Å². The number of aromatic nitrogens is 2. The van der Waals surface area contributed by atoms with Crippen LogP contribution >= 0.6 is 11.8 Å². The third-order valence-corrected chi connectivity index (χ3v) is 5.48. The summed E-state index contributed by atoms with van der Waals surface area (Å²) in [5.41, 5.74) is 4.74. The van der Waals surface area contributed by atoms with Gasteiger partial charge >= 0.3 is 0 Å². The number of nitrogens with zero attached hydrogens (tertiary/aromatic N) is 1. The van der Waals surface area contributed by atoms with Crippen molar-refractivity contribution < 1.29 is 4.74 Å². The van der Waals surface area contributed by atoms with E-state index in [-0.39, 0.29) is 5.41 Å². The predicted octanol–water partition coefficient (Wildman–Crippen LogP) is 6.15. The van der Waals surface area contributed by atoms with E-state index in [0.29, 0.717) is 0 Å². The second kappa shape index (κ2) is 7.20. The van der Waals surface area contributed by atoms with Crippen molar-refractivity contribution in [3.05, 3.63) is 59.3 Å². The van der Waals surface area contributed by atoms with Gasteiger partial charge in [0.2, 0.25) is 0 Å². The van der Waals surface area contributed by atoms with Crippen LogP contribution in [-0.2, 0) is 5.41 Å². The minimum absolute atomic E-state index is 0.167. The number of ether oxygens (including phenoxy) is 1. The number of rotatable bonds is 4. The second-order valence-corrected chi connectivity index (χ2v) is 8.66. The molecule has 0 spiro atoms. The number of methoxy groups -OCH3 is 1. The number of hydrogen-bond donors (Lipinski definition) is 1. The SMILES string of the molecule is COc1ccc(C)cc1-c1nc(Sc2ccc(C(C)(C)C)cc2)c(C)[nH]1. The van der Waals surface area contributed by atoms with Crippen molar-refractivity contribution in [3.8, 4) is 17.1 Å². The van der Waals surface area contributed by atoms with Crippen molar-refractivity contribution in [1.82, 2.24) is 9.97 Å². The molecule has 0 atom stereocenters. The van der Waals surface area contributed by atoms with Gasteiger partial charge in [-0.15, -0.1) is 0 Å². The Hall–Kier alpha value is -2.20. The van der Waals surface area contributed by atoms with Gasteiger partial charge in [0.1, 0.15) is 16.6 Å². The Kier molecular flexibility index (Phi) is 5.15. The number of aromatic amines is 1. The van der Waals surface area contributed by atoms with Crippen LogP contribution in [0.3, 0.4) is 0 Å². The van der Waals surface area contributed by atoms with E-state index in [9.17, 15) is 0 Å². The van der Waals surface area contributed by atoms with E-state index >= 15 is 0 Å². The second-order valence-electron chi connectivity index (χ2n) is 7.60. The molecule has 1 heterocycles. The molecular weight excluding hydrogens is 340 g/mol. The monoisotopic (exact) mass is 366 g/mol. The van der Waals surface area contributed by atoms with Gasteiger partial charge in [0.15, 0.2) is 0 Å². The van der Waals surface area contributed by atoms with Gasteiger partial charge in [-0.2, -0.15) is 0 Å². The van der Waals surface area contributed by atoms with Crippen LogP contribution in [0.5, 0.6) is 5.75 Å². The Morgan fingerprint density at radius 1 is 1.00 bits per heavy atom. The minimum Gasteiger partial charge on any atom is -0.496 e. The summed E-state index contributed by atoms with van der Waals surface area (Å²) in [5, 5.41) is 0.993. The molecule has 3 nitrogen and oxygen atoms in total. The van der Waals surface area contributed by atoms with Crippen LogP contribution in [0.2, 0.25) is 0 Å². The molecule has 3 aromatic rings. The first-order valence-electron chi connectivity index (χ1n) is 8.78. The van der Waals surface area contributed by atoms with Crippen molar-refractivity contribution in [1.29, 1.82) is 0 Å². The molecule has 0 fully saturated rings. The van der Waals surface area contributed by atoms with E-state index in [1.165, 1.54) is 16.0 Å². The Morgan fingerprint density at radius 2 is 1.69 bits per heavy atom. The van der Waals surface area contributed by atoms with E-state index in [4.69, 9.17) is 9.72 Å². The summed E-state index contributed by atoms with van der Waals surface area (Å²) in [4.78, 5) is 9.42. The molecule has 0 aliphatic heterocycles. The molecule has 0 unspecified atom stereocenters. The summed E-state index contributed by atoms with van der Waals surface area (Å²) < 4.78 is 5.50. The summed E-state index contributed by atoms with van der Waals surface area (Å²) in [6.07, 6.45) is 0. The highest BCUT2D eigenvalue weighted by Crippen LogP contribution is 2.35. The molecule has 0 amide bonds. The molecule has 3 rings (SSSR count). The molecule has 26 heavy (non-hydrogen) atoms. The largest absolute Gasteiger partial charge is 0.496 e. The molecule has 0 saturated heterocycles. The lowest BCUT2D eigenvalue weighted by Crippen LogP contribution is -2.10. The van der Waals surface area contributed by atoms with Gasteiger partial charge in [0.05, 0.1) is 12.7 Å². The molecule has 1 N–H and O–H groups in total. The molecule has 0 aliphatic carbocycles. The fraction of sp³-hybridized carbons (Fsp3) is 0.318. The van der Waals surface area contributed by atoms with E-state index in [1.807, 2.05) is 12.1 Å². The molecule has 4 heteroatoms.